The maximum atomic E-state index is 12.2. The zero-order valence-electron chi connectivity index (χ0n) is 11.6. The molecule has 0 unspecified atom stereocenters. The minimum Gasteiger partial charge on any atom is -0.329 e. The number of halogens is 1. The van der Waals surface area contributed by atoms with Gasteiger partial charge in [-0.15, -0.1) is 0 Å². The van der Waals surface area contributed by atoms with E-state index in [1.807, 2.05) is 32.4 Å². The quantitative estimate of drug-likeness (QED) is 0.863. The van der Waals surface area contributed by atoms with Crippen LogP contribution >= 0.6 is 11.6 Å². The third-order valence-electron chi connectivity index (χ3n) is 3.29. The van der Waals surface area contributed by atoms with Crippen LogP contribution in [0.3, 0.4) is 0 Å². The number of hydrogen-bond acceptors (Lipinski definition) is 3. The van der Waals surface area contributed by atoms with E-state index in [1.165, 1.54) is 0 Å². The lowest BCUT2D eigenvalue weighted by atomic mass is 9.86. The molecule has 0 amide bonds. The lowest BCUT2D eigenvalue weighted by Gasteiger charge is -2.20. The molecule has 0 aromatic carbocycles. The van der Waals surface area contributed by atoms with Gasteiger partial charge in [-0.1, -0.05) is 32.4 Å². The first-order chi connectivity index (χ1) is 8.37. The van der Waals surface area contributed by atoms with Gasteiger partial charge in [0.15, 0.2) is 0 Å². The van der Waals surface area contributed by atoms with Gasteiger partial charge in [0.2, 0.25) is 0 Å². The van der Waals surface area contributed by atoms with E-state index in [1.54, 1.807) is 0 Å². The number of Topliss-reactive ketones (excluding diaryl/α,β-unsaturated/α-hetero) is 1. The van der Waals surface area contributed by atoms with E-state index in [-0.39, 0.29) is 5.78 Å². The summed E-state index contributed by atoms with van der Waals surface area (Å²) in [5.74, 6) is 0.101. The third kappa shape index (κ3) is 2.93. The summed E-state index contributed by atoms with van der Waals surface area (Å²) in [5, 5.41) is 5.03. The molecule has 0 radical (unpaired) electrons. The Morgan fingerprint density at radius 2 is 2.06 bits per heavy atom. The molecule has 0 aliphatic carbocycles. The smallest absolute Gasteiger partial charge is 0.145 e. The fourth-order valence-corrected chi connectivity index (χ4v) is 2.03. The van der Waals surface area contributed by atoms with Crippen molar-refractivity contribution in [3.05, 3.63) is 16.4 Å². The molecule has 18 heavy (non-hydrogen) atoms. The van der Waals surface area contributed by atoms with Crippen LogP contribution in [0.4, 0.5) is 0 Å². The Labute approximate surface area is 113 Å². The van der Waals surface area contributed by atoms with Crippen LogP contribution in [0.2, 0.25) is 5.02 Å². The van der Waals surface area contributed by atoms with E-state index in [0.29, 0.717) is 24.5 Å². The molecule has 1 heterocycles. The Morgan fingerprint density at radius 1 is 1.44 bits per heavy atom. The molecular formula is C13H22ClN3O. The van der Waals surface area contributed by atoms with Crippen molar-refractivity contribution >= 4 is 17.4 Å². The third-order valence-corrected chi connectivity index (χ3v) is 3.72. The minimum atomic E-state index is -0.515. The molecule has 0 aliphatic rings. The lowest BCUT2D eigenvalue weighted by molar-refractivity contribution is -0.126. The van der Waals surface area contributed by atoms with Crippen molar-refractivity contribution in [3.8, 4) is 0 Å². The highest BCUT2D eigenvalue weighted by Gasteiger charge is 2.28. The summed E-state index contributed by atoms with van der Waals surface area (Å²) in [7, 11) is 0. The second-order valence-electron chi connectivity index (χ2n) is 5.06. The zero-order valence-corrected chi connectivity index (χ0v) is 12.3. The van der Waals surface area contributed by atoms with Gasteiger partial charge < -0.3 is 5.73 Å². The molecule has 0 saturated heterocycles. The molecule has 102 valence electrons. The molecule has 0 spiro atoms. The normalized spacial score (nSPS) is 11.9. The van der Waals surface area contributed by atoms with Gasteiger partial charge in [-0.25, -0.2) is 0 Å². The van der Waals surface area contributed by atoms with Gasteiger partial charge >= 0.3 is 0 Å². The molecule has 0 aliphatic heterocycles. The van der Waals surface area contributed by atoms with Crippen LogP contribution in [0.25, 0.3) is 0 Å². The first kappa shape index (κ1) is 15.2. The first-order valence-electron chi connectivity index (χ1n) is 6.34. The number of aromatic nitrogens is 2. The van der Waals surface area contributed by atoms with E-state index in [0.717, 1.165) is 17.8 Å². The van der Waals surface area contributed by atoms with Gasteiger partial charge in [-0.3, -0.25) is 9.48 Å². The van der Waals surface area contributed by atoms with Gasteiger partial charge in [0.1, 0.15) is 5.78 Å². The number of rotatable bonds is 6. The maximum absolute atomic E-state index is 12.2. The van der Waals surface area contributed by atoms with Gasteiger partial charge in [0, 0.05) is 18.5 Å². The largest absolute Gasteiger partial charge is 0.329 e. The standard InChI is InChI=1S/C13H22ClN3O/c1-5-9-12(14)10(17(6-2)16-9)7-11(18)13(3,4)8-15/h5-8,15H2,1-4H3. The van der Waals surface area contributed by atoms with Crippen LogP contribution in [0.1, 0.15) is 39.1 Å². The molecule has 0 bridgehead atoms. The molecule has 2 N–H and O–H groups in total. The van der Waals surface area contributed by atoms with Gasteiger partial charge in [-0.05, 0) is 13.3 Å². The average molecular weight is 272 g/mol. The van der Waals surface area contributed by atoms with Gasteiger partial charge in [0.05, 0.1) is 22.8 Å². The Balaban J connectivity index is 3.04. The van der Waals surface area contributed by atoms with Crippen LogP contribution in [-0.2, 0) is 24.2 Å². The van der Waals surface area contributed by atoms with Gasteiger partial charge in [0.25, 0.3) is 0 Å². The van der Waals surface area contributed by atoms with Crippen molar-refractivity contribution in [2.45, 2.75) is 47.1 Å². The maximum Gasteiger partial charge on any atom is 0.145 e. The molecule has 0 atom stereocenters. The number of carbonyl (C=O) groups excluding carboxylic acids is 1. The highest BCUT2D eigenvalue weighted by atomic mass is 35.5. The van der Waals surface area contributed by atoms with Crippen molar-refractivity contribution in [1.82, 2.24) is 9.78 Å². The predicted molar refractivity (Wildman–Crippen MR) is 73.8 cm³/mol. The number of ketones is 1. The van der Waals surface area contributed by atoms with Crippen molar-refractivity contribution in [2.75, 3.05) is 6.54 Å². The Morgan fingerprint density at radius 3 is 2.50 bits per heavy atom. The van der Waals surface area contributed by atoms with Crippen LogP contribution in [0.5, 0.6) is 0 Å². The van der Waals surface area contributed by atoms with E-state index in [4.69, 9.17) is 17.3 Å². The number of nitrogens with two attached hydrogens (primary N) is 1. The number of hydrogen-bond donors (Lipinski definition) is 1. The number of aryl methyl sites for hydroxylation is 2. The fraction of sp³-hybridized carbons (Fsp3) is 0.692. The van der Waals surface area contributed by atoms with Crippen molar-refractivity contribution in [1.29, 1.82) is 0 Å². The number of carbonyl (C=O) groups is 1. The molecule has 0 fully saturated rings. The molecule has 4 nitrogen and oxygen atoms in total. The topological polar surface area (TPSA) is 60.9 Å². The van der Waals surface area contributed by atoms with E-state index in [2.05, 4.69) is 5.10 Å². The summed E-state index contributed by atoms with van der Waals surface area (Å²) in [6, 6.07) is 0. The van der Waals surface area contributed by atoms with Crippen molar-refractivity contribution in [2.24, 2.45) is 11.1 Å². The molecule has 5 heteroatoms. The summed E-state index contributed by atoms with van der Waals surface area (Å²) >= 11 is 6.28. The second-order valence-corrected chi connectivity index (χ2v) is 5.44. The van der Waals surface area contributed by atoms with E-state index >= 15 is 0 Å². The van der Waals surface area contributed by atoms with Gasteiger partial charge in [-0.2, -0.15) is 5.10 Å². The Kier molecular flexibility index (Phi) is 4.93. The first-order valence-corrected chi connectivity index (χ1v) is 6.72. The fourth-order valence-electron chi connectivity index (χ4n) is 1.69. The van der Waals surface area contributed by atoms with Crippen LogP contribution < -0.4 is 5.73 Å². The average Bonchev–Trinajstić information content (AvgIpc) is 2.66. The zero-order chi connectivity index (χ0) is 13.9. The molecule has 1 aromatic heterocycles. The highest BCUT2D eigenvalue weighted by molar-refractivity contribution is 6.32. The minimum absolute atomic E-state index is 0.101. The molecule has 0 saturated carbocycles. The Hall–Kier alpha value is -0.870. The van der Waals surface area contributed by atoms with E-state index < -0.39 is 5.41 Å². The van der Waals surface area contributed by atoms with E-state index in [9.17, 15) is 4.79 Å². The summed E-state index contributed by atoms with van der Waals surface area (Å²) in [4.78, 5) is 12.2. The van der Waals surface area contributed by atoms with Crippen molar-refractivity contribution in [3.63, 3.8) is 0 Å². The second kappa shape index (κ2) is 5.85. The molecule has 1 rings (SSSR count). The summed E-state index contributed by atoms with van der Waals surface area (Å²) < 4.78 is 1.81. The summed E-state index contributed by atoms with van der Waals surface area (Å²) in [6.07, 6.45) is 1.07. The molecule has 1 aromatic rings. The predicted octanol–water partition coefficient (Wildman–Crippen LogP) is 2.22. The number of nitrogens with zero attached hydrogens (tertiary/aromatic N) is 2. The summed E-state index contributed by atoms with van der Waals surface area (Å²) in [6.45, 7) is 8.76. The van der Waals surface area contributed by atoms with Crippen molar-refractivity contribution < 1.29 is 4.79 Å². The molecular weight excluding hydrogens is 250 g/mol. The van der Waals surface area contributed by atoms with Crippen LogP contribution in [-0.4, -0.2) is 22.1 Å². The van der Waals surface area contributed by atoms with Crippen LogP contribution in [0.15, 0.2) is 0 Å². The van der Waals surface area contributed by atoms with Crippen LogP contribution in [0, 0.1) is 5.41 Å². The lowest BCUT2D eigenvalue weighted by Crippen LogP contribution is -2.34. The highest BCUT2D eigenvalue weighted by Crippen LogP contribution is 2.25. The summed E-state index contributed by atoms with van der Waals surface area (Å²) in [5.41, 5.74) is 6.77. The Bertz CT molecular complexity index is 438. The SMILES string of the molecule is CCc1nn(CC)c(CC(=O)C(C)(C)CN)c1Cl. The monoisotopic (exact) mass is 271 g/mol.